The third kappa shape index (κ3) is 5.22. The molecule has 1 N–H and O–H groups in total. The van der Waals surface area contributed by atoms with Gasteiger partial charge in [0, 0.05) is 32.5 Å². The van der Waals surface area contributed by atoms with Crippen LogP contribution >= 0.6 is 0 Å². The molecule has 0 spiro atoms. The van der Waals surface area contributed by atoms with Crippen LogP contribution in [0.25, 0.3) is 5.65 Å². The number of nitrogens with zero attached hydrogens (tertiary/aromatic N) is 5. The van der Waals surface area contributed by atoms with Crippen molar-refractivity contribution in [1.29, 1.82) is 0 Å². The number of piperidine rings is 1. The number of esters is 1. The zero-order chi connectivity index (χ0) is 22.3. The van der Waals surface area contributed by atoms with Gasteiger partial charge in [-0.25, -0.2) is 0 Å². The van der Waals surface area contributed by atoms with E-state index in [1.54, 1.807) is 4.52 Å². The van der Waals surface area contributed by atoms with Gasteiger partial charge in [-0.05, 0) is 37.5 Å². The van der Waals surface area contributed by atoms with Crippen LogP contribution in [0.5, 0.6) is 0 Å². The van der Waals surface area contributed by atoms with Crippen molar-refractivity contribution in [2.24, 2.45) is 5.92 Å². The number of aromatic nitrogens is 4. The Morgan fingerprint density at radius 3 is 2.62 bits per heavy atom. The Hall–Kier alpha value is -3.49. The summed E-state index contributed by atoms with van der Waals surface area (Å²) in [6.45, 7) is 4.02. The Labute approximate surface area is 186 Å². The molecule has 1 saturated heterocycles. The van der Waals surface area contributed by atoms with Crippen molar-refractivity contribution >= 4 is 23.3 Å². The Morgan fingerprint density at radius 1 is 1.09 bits per heavy atom. The number of amides is 1. The lowest BCUT2D eigenvalue weighted by Crippen LogP contribution is -2.40. The highest BCUT2D eigenvalue weighted by molar-refractivity contribution is 5.77. The summed E-state index contributed by atoms with van der Waals surface area (Å²) in [5.41, 5.74) is 1.81. The van der Waals surface area contributed by atoms with Crippen LogP contribution in [-0.2, 0) is 27.3 Å². The number of hydrogen-bond acceptors (Lipinski definition) is 7. The second-order valence-corrected chi connectivity index (χ2v) is 7.85. The van der Waals surface area contributed by atoms with Gasteiger partial charge in [-0.3, -0.25) is 9.59 Å². The van der Waals surface area contributed by atoms with Crippen LogP contribution in [0.1, 0.15) is 37.6 Å². The highest BCUT2D eigenvalue weighted by Crippen LogP contribution is 2.20. The number of likely N-dealkylation sites (tertiary alicyclic amines) is 1. The molecule has 0 bridgehead atoms. The first-order valence-corrected chi connectivity index (χ1v) is 11.1. The normalized spacial score (nSPS) is 14.5. The number of benzene rings is 1. The molecule has 3 aromatic rings. The van der Waals surface area contributed by atoms with Crippen molar-refractivity contribution in [1.82, 2.24) is 24.7 Å². The van der Waals surface area contributed by atoms with E-state index in [0.29, 0.717) is 63.4 Å². The van der Waals surface area contributed by atoms with Crippen LogP contribution in [0.3, 0.4) is 0 Å². The Balaban J connectivity index is 1.32. The summed E-state index contributed by atoms with van der Waals surface area (Å²) in [7, 11) is 0. The number of rotatable bonds is 8. The summed E-state index contributed by atoms with van der Waals surface area (Å²) in [4.78, 5) is 26.4. The number of aryl methyl sites for hydroxylation is 1. The maximum atomic E-state index is 12.7. The zero-order valence-electron chi connectivity index (χ0n) is 18.2. The molecular formula is C23H28N6O3. The summed E-state index contributed by atoms with van der Waals surface area (Å²) in [6.07, 6.45) is 2.08. The maximum Gasteiger partial charge on any atom is 0.309 e. The standard InChI is InChI=1S/C23H28N6O3/c1-2-32-23(31)18-12-14-28(15-13-18)22(30)11-10-21-26-25-20-9-8-19(27-29(20)21)24-16-17-6-4-3-5-7-17/h3-9,18H,2,10-16H2,1H3,(H,24,27). The fraction of sp³-hybridized carbons (Fsp3) is 0.435. The predicted molar refractivity (Wildman–Crippen MR) is 119 cm³/mol. The number of carbonyl (C=O) groups is 2. The third-order valence-corrected chi connectivity index (χ3v) is 5.67. The summed E-state index contributed by atoms with van der Waals surface area (Å²) in [5, 5.41) is 16.3. The number of fused-ring (bicyclic) bond motifs is 1. The molecular weight excluding hydrogens is 408 g/mol. The summed E-state index contributed by atoms with van der Waals surface area (Å²) in [5.74, 6) is 1.16. The van der Waals surface area contributed by atoms with E-state index in [0.717, 1.165) is 11.4 Å². The minimum Gasteiger partial charge on any atom is -0.466 e. The topological polar surface area (TPSA) is 102 Å². The molecule has 1 aliphatic heterocycles. The second kappa shape index (κ2) is 10.2. The molecule has 4 rings (SSSR count). The lowest BCUT2D eigenvalue weighted by atomic mass is 9.96. The molecule has 1 amide bonds. The highest BCUT2D eigenvalue weighted by Gasteiger charge is 2.28. The molecule has 1 aliphatic rings. The van der Waals surface area contributed by atoms with Gasteiger partial charge in [0.15, 0.2) is 11.5 Å². The zero-order valence-corrected chi connectivity index (χ0v) is 18.2. The Bertz CT molecular complexity index is 1060. The molecule has 3 heterocycles. The van der Waals surface area contributed by atoms with Gasteiger partial charge >= 0.3 is 5.97 Å². The fourth-order valence-electron chi connectivity index (χ4n) is 3.87. The van der Waals surface area contributed by atoms with Gasteiger partial charge in [0.2, 0.25) is 5.91 Å². The first-order valence-electron chi connectivity index (χ1n) is 11.1. The van der Waals surface area contributed by atoms with Crippen LogP contribution in [0.4, 0.5) is 5.82 Å². The summed E-state index contributed by atoms with van der Waals surface area (Å²) < 4.78 is 6.78. The second-order valence-electron chi connectivity index (χ2n) is 7.85. The third-order valence-electron chi connectivity index (χ3n) is 5.67. The van der Waals surface area contributed by atoms with E-state index < -0.39 is 0 Å². The van der Waals surface area contributed by atoms with Crippen LogP contribution in [0.2, 0.25) is 0 Å². The summed E-state index contributed by atoms with van der Waals surface area (Å²) in [6, 6.07) is 13.8. The lowest BCUT2D eigenvalue weighted by Gasteiger charge is -2.30. The van der Waals surface area contributed by atoms with E-state index in [-0.39, 0.29) is 17.8 Å². The molecule has 0 saturated carbocycles. The molecule has 0 unspecified atom stereocenters. The number of nitrogens with one attached hydrogen (secondary N) is 1. The van der Waals surface area contributed by atoms with Gasteiger partial charge in [-0.2, -0.15) is 4.52 Å². The molecule has 32 heavy (non-hydrogen) atoms. The van der Waals surface area contributed by atoms with Crippen LogP contribution < -0.4 is 5.32 Å². The predicted octanol–water partition coefficient (Wildman–Crippen LogP) is 2.47. The lowest BCUT2D eigenvalue weighted by molar-refractivity contribution is -0.151. The molecule has 1 fully saturated rings. The molecule has 168 valence electrons. The van der Waals surface area contributed by atoms with Gasteiger partial charge in [-0.15, -0.1) is 15.3 Å². The van der Waals surface area contributed by atoms with Crippen molar-refractivity contribution in [2.75, 3.05) is 25.0 Å². The fourth-order valence-corrected chi connectivity index (χ4v) is 3.87. The van der Waals surface area contributed by atoms with Gasteiger partial charge in [-0.1, -0.05) is 30.3 Å². The number of carbonyl (C=O) groups excluding carboxylic acids is 2. The Morgan fingerprint density at radius 2 is 1.88 bits per heavy atom. The number of ether oxygens (including phenoxy) is 1. The molecule has 2 aromatic heterocycles. The van der Waals surface area contributed by atoms with E-state index in [9.17, 15) is 9.59 Å². The van der Waals surface area contributed by atoms with E-state index in [1.807, 2.05) is 42.2 Å². The SMILES string of the molecule is CCOC(=O)C1CCN(C(=O)CCc2nnc3ccc(NCc4ccccc4)nn23)CC1. The van der Waals surface area contributed by atoms with Crippen molar-refractivity contribution in [2.45, 2.75) is 39.2 Å². The van der Waals surface area contributed by atoms with Crippen molar-refractivity contribution in [3.8, 4) is 0 Å². The van der Waals surface area contributed by atoms with Gasteiger partial charge in [0.1, 0.15) is 5.82 Å². The molecule has 0 aliphatic carbocycles. The molecule has 9 heteroatoms. The molecule has 0 atom stereocenters. The average molecular weight is 437 g/mol. The maximum absolute atomic E-state index is 12.7. The smallest absolute Gasteiger partial charge is 0.309 e. The largest absolute Gasteiger partial charge is 0.466 e. The van der Waals surface area contributed by atoms with Gasteiger partial charge < -0.3 is 15.0 Å². The number of hydrogen-bond donors (Lipinski definition) is 1. The molecule has 9 nitrogen and oxygen atoms in total. The van der Waals surface area contributed by atoms with E-state index in [2.05, 4.69) is 32.7 Å². The highest BCUT2D eigenvalue weighted by atomic mass is 16.5. The van der Waals surface area contributed by atoms with E-state index >= 15 is 0 Å². The van der Waals surface area contributed by atoms with E-state index in [1.165, 1.54) is 0 Å². The van der Waals surface area contributed by atoms with Gasteiger partial charge in [0.25, 0.3) is 0 Å². The van der Waals surface area contributed by atoms with Gasteiger partial charge in [0.05, 0.1) is 12.5 Å². The van der Waals surface area contributed by atoms with Crippen molar-refractivity contribution in [3.05, 3.63) is 53.9 Å². The van der Waals surface area contributed by atoms with Crippen LogP contribution in [0, 0.1) is 5.92 Å². The van der Waals surface area contributed by atoms with Crippen molar-refractivity contribution < 1.29 is 14.3 Å². The molecule has 1 aromatic carbocycles. The molecule has 0 radical (unpaired) electrons. The summed E-state index contributed by atoms with van der Waals surface area (Å²) >= 11 is 0. The van der Waals surface area contributed by atoms with E-state index in [4.69, 9.17) is 4.74 Å². The first-order chi connectivity index (χ1) is 15.6. The van der Waals surface area contributed by atoms with Crippen molar-refractivity contribution in [3.63, 3.8) is 0 Å². The monoisotopic (exact) mass is 436 g/mol. The number of anilines is 1. The van der Waals surface area contributed by atoms with Crippen LogP contribution in [-0.4, -0.2) is 56.3 Å². The van der Waals surface area contributed by atoms with Crippen LogP contribution in [0.15, 0.2) is 42.5 Å². The minimum atomic E-state index is -0.155. The first kappa shape index (κ1) is 21.7. The quantitative estimate of drug-likeness (QED) is 0.541. The minimum absolute atomic E-state index is 0.0578. The average Bonchev–Trinajstić information content (AvgIpc) is 3.24. The Kier molecular flexibility index (Phi) is 6.94.